The van der Waals surface area contributed by atoms with Gasteiger partial charge in [0.2, 0.25) is 5.16 Å². The van der Waals surface area contributed by atoms with Gasteiger partial charge in [0.1, 0.15) is 5.25 Å². The second kappa shape index (κ2) is 4.46. The van der Waals surface area contributed by atoms with Crippen LogP contribution in [0, 0.1) is 0 Å². The van der Waals surface area contributed by atoms with Crippen LogP contribution in [0.3, 0.4) is 0 Å². The predicted octanol–water partition coefficient (Wildman–Crippen LogP) is 1.43. The number of thioether (sulfide) groups is 1. The fraction of sp³-hybridized carbons (Fsp3) is 0.727. The van der Waals surface area contributed by atoms with E-state index in [0.29, 0.717) is 11.1 Å². The molecule has 0 saturated heterocycles. The molecule has 2 unspecified atom stereocenters. The zero-order valence-electron chi connectivity index (χ0n) is 10.2. The van der Waals surface area contributed by atoms with Crippen molar-refractivity contribution in [2.75, 3.05) is 5.43 Å². The van der Waals surface area contributed by atoms with Gasteiger partial charge in [0, 0.05) is 5.92 Å². The van der Waals surface area contributed by atoms with E-state index in [0.717, 1.165) is 18.7 Å². The van der Waals surface area contributed by atoms with Gasteiger partial charge in [-0.1, -0.05) is 24.6 Å². The van der Waals surface area contributed by atoms with E-state index in [2.05, 4.69) is 15.6 Å². The monoisotopic (exact) mass is 268 g/mol. The zero-order valence-corrected chi connectivity index (χ0v) is 11.0. The van der Waals surface area contributed by atoms with E-state index < -0.39 is 11.2 Å². The third-order valence-corrected chi connectivity index (χ3v) is 4.98. The van der Waals surface area contributed by atoms with Crippen molar-refractivity contribution in [2.45, 2.75) is 55.0 Å². The van der Waals surface area contributed by atoms with Crippen LogP contribution in [-0.2, 0) is 4.79 Å². The predicted molar refractivity (Wildman–Crippen MR) is 67.3 cm³/mol. The van der Waals surface area contributed by atoms with E-state index in [9.17, 15) is 4.79 Å². The van der Waals surface area contributed by atoms with E-state index in [1.165, 1.54) is 24.6 Å². The summed E-state index contributed by atoms with van der Waals surface area (Å²) in [7, 11) is 0. The number of nitrogens with zero attached hydrogens (tertiary/aromatic N) is 3. The zero-order chi connectivity index (χ0) is 12.7. The fourth-order valence-electron chi connectivity index (χ4n) is 2.68. The molecule has 18 heavy (non-hydrogen) atoms. The molecule has 1 aromatic heterocycles. The number of nitrogens with one attached hydrogen (secondary N) is 1. The molecule has 1 saturated carbocycles. The normalized spacial score (nSPS) is 27.8. The second-order valence-corrected chi connectivity index (χ2v) is 6.06. The summed E-state index contributed by atoms with van der Waals surface area (Å²) in [6, 6.07) is -0.129. The first-order valence-corrected chi connectivity index (χ1v) is 7.16. The van der Waals surface area contributed by atoms with Gasteiger partial charge in [0.05, 0.1) is 6.04 Å². The van der Waals surface area contributed by atoms with Crippen LogP contribution in [0.4, 0.5) is 0 Å². The molecule has 7 heteroatoms. The number of fused-ring (bicyclic) bond motifs is 1. The molecule has 0 aromatic carbocycles. The Bertz CT molecular complexity index is 470. The van der Waals surface area contributed by atoms with E-state index in [1.807, 2.05) is 11.6 Å². The van der Waals surface area contributed by atoms with Crippen LogP contribution >= 0.6 is 11.8 Å². The van der Waals surface area contributed by atoms with Crippen LogP contribution < -0.4 is 5.43 Å². The van der Waals surface area contributed by atoms with Gasteiger partial charge in [-0.3, -0.25) is 4.79 Å². The van der Waals surface area contributed by atoms with Gasteiger partial charge in [0.15, 0.2) is 5.82 Å². The number of carbonyl (C=O) groups is 1. The lowest BCUT2D eigenvalue weighted by atomic mass is 10.1. The molecular formula is C11H16N4O2S. The smallest absolute Gasteiger partial charge is 0.319 e. The summed E-state index contributed by atoms with van der Waals surface area (Å²) in [5.41, 5.74) is 3.21. The SMILES string of the molecule is CC1Nn2c(nnc2C2CCCC2)SC1C(=O)O. The third-order valence-electron chi connectivity index (χ3n) is 3.64. The lowest BCUT2D eigenvalue weighted by molar-refractivity contribution is -0.136. The van der Waals surface area contributed by atoms with E-state index >= 15 is 0 Å². The van der Waals surface area contributed by atoms with Crippen molar-refractivity contribution in [3.05, 3.63) is 5.82 Å². The molecule has 0 radical (unpaired) electrons. The maximum absolute atomic E-state index is 11.1. The Labute approximate surface area is 109 Å². The summed E-state index contributed by atoms with van der Waals surface area (Å²) in [5, 5.41) is 17.7. The fourth-order valence-corrected chi connectivity index (χ4v) is 3.61. The average molecular weight is 268 g/mol. The number of hydrogen-bond acceptors (Lipinski definition) is 5. The molecule has 0 amide bonds. The van der Waals surface area contributed by atoms with E-state index in [1.54, 1.807) is 0 Å². The molecule has 0 spiro atoms. The Balaban J connectivity index is 1.89. The highest BCUT2D eigenvalue weighted by molar-refractivity contribution is 8.00. The van der Waals surface area contributed by atoms with Gasteiger partial charge >= 0.3 is 5.97 Å². The first-order chi connectivity index (χ1) is 8.66. The minimum absolute atomic E-state index is 0.129. The van der Waals surface area contributed by atoms with Crippen LogP contribution in [0.25, 0.3) is 0 Å². The molecular weight excluding hydrogens is 252 g/mol. The number of carboxylic acid groups (broad SMARTS) is 1. The van der Waals surface area contributed by atoms with Crippen LogP contribution in [0.5, 0.6) is 0 Å². The molecule has 2 N–H and O–H groups in total. The van der Waals surface area contributed by atoms with Crippen LogP contribution in [-0.4, -0.2) is 37.2 Å². The Morgan fingerprint density at radius 1 is 1.44 bits per heavy atom. The molecule has 3 rings (SSSR count). The standard InChI is InChI=1S/C11H16N4O2S/c1-6-8(10(16)17)18-11-13-12-9(15(11)14-6)7-4-2-3-5-7/h6-8,14H,2-5H2,1H3,(H,16,17). The van der Waals surface area contributed by atoms with Crippen molar-refractivity contribution in [2.24, 2.45) is 0 Å². The van der Waals surface area contributed by atoms with Crippen molar-refractivity contribution in [1.82, 2.24) is 14.9 Å². The van der Waals surface area contributed by atoms with Crippen molar-refractivity contribution < 1.29 is 9.90 Å². The Hall–Kier alpha value is -1.24. The Morgan fingerprint density at radius 3 is 2.83 bits per heavy atom. The highest BCUT2D eigenvalue weighted by Gasteiger charge is 2.35. The van der Waals surface area contributed by atoms with Crippen molar-refractivity contribution in [3.8, 4) is 0 Å². The van der Waals surface area contributed by atoms with Gasteiger partial charge in [-0.2, -0.15) is 0 Å². The largest absolute Gasteiger partial charge is 0.480 e. The molecule has 2 atom stereocenters. The van der Waals surface area contributed by atoms with Crippen LogP contribution in [0.2, 0.25) is 0 Å². The summed E-state index contributed by atoms with van der Waals surface area (Å²) >= 11 is 1.28. The maximum Gasteiger partial charge on any atom is 0.319 e. The average Bonchev–Trinajstić information content (AvgIpc) is 2.94. The first kappa shape index (κ1) is 11.8. The van der Waals surface area contributed by atoms with Crippen LogP contribution in [0.1, 0.15) is 44.3 Å². The molecule has 1 fully saturated rings. The molecule has 6 nitrogen and oxygen atoms in total. The molecule has 98 valence electrons. The lowest BCUT2D eigenvalue weighted by Gasteiger charge is -2.29. The summed E-state index contributed by atoms with van der Waals surface area (Å²) in [4.78, 5) is 11.1. The molecule has 2 aliphatic rings. The summed E-state index contributed by atoms with van der Waals surface area (Å²) in [6.07, 6.45) is 4.79. The third kappa shape index (κ3) is 1.86. The van der Waals surface area contributed by atoms with Gasteiger partial charge in [0.25, 0.3) is 0 Å². The molecule has 1 aliphatic carbocycles. The van der Waals surface area contributed by atoms with Crippen molar-refractivity contribution in [1.29, 1.82) is 0 Å². The van der Waals surface area contributed by atoms with Crippen LogP contribution in [0.15, 0.2) is 5.16 Å². The second-order valence-electron chi connectivity index (χ2n) is 4.95. The summed E-state index contributed by atoms with van der Waals surface area (Å²) in [5.74, 6) is 0.621. The van der Waals surface area contributed by atoms with E-state index in [-0.39, 0.29) is 6.04 Å². The first-order valence-electron chi connectivity index (χ1n) is 6.28. The molecule has 2 heterocycles. The lowest BCUT2D eigenvalue weighted by Crippen LogP contribution is -2.43. The quantitative estimate of drug-likeness (QED) is 0.844. The number of aromatic nitrogens is 3. The molecule has 1 aromatic rings. The number of rotatable bonds is 2. The Kier molecular flexibility index (Phi) is 2.93. The van der Waals surface area contributed by atoms with Crippen molar-refractivity contribution >= 4 is 17.7 Å². The van der Waals surface area contributed by atoms with Gasteiger partial charge in [-0.25, -0.2) is 4.68 Å². The number of hydrogen-bond donors (Lipinski definition) is 2. The summed E-state index contributed by atoms with van der Waals surface area (Å²) in [6.45, 7) is 1.88. The summed E-state index contributed by atoms with van der Waals surface area (Å²) < 4.78 is 1.89. The number of aliphatic carboxylic acids is 1. The number of carboxylic acids is 1. The highest BCUT2D eigenvalue weighted by Crippen LogP contribution is 2.36. The highest BCUT2D eigenvalue weighted by atomic mass is 32.2. The topological polar surface area (TPSA) is 80.0 Å². The van der Waals surface area contributed by atoms with E-state index in [4.69, 9.17) is 5.11 Å². The molecule has 0 bridgehead atoms. The van der Waals surface area contributed by atoms with Gasteiger partial charge in [-0.15, -0.1) is 10.2 Å². The molecule has 1 aliphatic heterocycles. The van der Waals surface area contributed by atoms with Crippen molar-refractivity contribution in [3.63, 3.8) is 0 Å². The van der Waals surface area contributed by atoms with Gasteiger partial charge in [-0.05, 0) is 19.8 Å². The van der Waals surface area contributed by atoms with Gasteiger partial charge < -0.3 is 10.5 Å². The minimum Gasteiger partial charge on any atom is -0.480 e. The minimum atomic E-state index is -0.809. The maximum atomic E-state index is 11.1. The Morgan fingerprint density at radius 2 is 2.17 bits per heavy atom.